The summed E-state index contributed by atoms with van der Waals surface area (Å²) in [5.74, 6) is -0.390. The lowest BCUT2D eigenvalue weighted by Crippen LogP contribution is -2.33. The molecule has 2 aromatic heterocycles. The Kier molecular flexibility index (Phi) is 3.78. The molecular formula is C12H16N4OS. The van der Waals surface area contributed by atoms with Gasteiger partial charge in [-0.25, -0.2) is 0 Å². The van der Waals surface area contributed by atoms with Gasteiger partial charge >= 0.3 is 0 Å². The second-order valence-corrected chi connectivity index (χ2v) is 5.18. The van der Waals surface area contributed by atoms with E-state index in [1.807, 2.05) is 31.4 Å². The maximum Gasteiger partial charge on any atom is 0.239 e. The fourth-order valence-electron chi connectivity index (χ4n) is 1.95. The lowest BCUT2D eigenvalue weighted by Gasteiger charge is -2.15. The number of aromatic amines is 1. The van der Waals surface area contributed by atoms with Gasteiger partial charge < -0.3 is 5.73 Å². The smallest absolute Gasteiger partial charge is 0.239 e. The maximum atomic E-state index is 11.6. The van der Waals surface area contributed by atoms with Crippen LogP contribution in [-0.2, 0) is 11.3 Å². The standard InChI is InChI=1S/C12H16N4OS/c1-7-10(8(2)16-15-7)11(12(13)17)14-6-9-4-3-5-18-9/h3-5,11,14H,6H2,1-2H3,(H2,13,17)(H,15,16). The van der Waals surface area contributed by atoms with Crippen LogP contribution in [0.5, 0.6) is 0 Å². The van der Waals surface area contributed by atoms with Crippen LogP contribution in [0.25, 0.3) is 0 Å². The van der Waals surface area contributed by atoms with E-state index in [1.54, 1.807) is 11.3 Å². The zero-order chi connectivity index (χ0) is 13.1. The number of carbonyl (C=O) groups is 1. The molecule has 2 heterocycles. The Hall–Kier alpha value is -1.66. The summed E-state index contributed by atoms with van der Waals surface area (Å²) >= 11 is 1.64. The van der Waals surface area contributed by atoms with Crippen molar-refractivity contribution >= 4 is 17.2 Å². The number of nitrogens with one attached hydrogen (secondary N) is 2. The highest BCUT2D eigenvalue weighted by Crippen LogP contribution is 2.20. The number of hydrogen-bond acceptors (Lipinski definition) is 4. The molecule has 0 aliphatic rings. The number of aryl methyl sites for hydroxylation is 2. The minimum Gasteiger partial charge on any atom is -0.368 e. The SMILES string of the molecule is Cc1n[nH]c(C)c1C(NCc1cccs1)C(N)=O. The molecule has 1 amide bonds. The van der Waals surface area contributed by atoms with Gasteiger partial charge in [0.2, 0.25) is 5.91 Å². The van der Waals surface area contributed by atoms with Crippen molar-refractivity contribution in [1.29, 1.82) is 0 Å². The zero-order valence-corrected chi connectivity index (χ0v) is 11.2. The van der Waals surface area contributed by atoms with E-state index < -0.39 is 6.04 Å². The number of amides is 1. The first-order chi connectivity index (χ1) is 8.59. The summed E-state index contributed by atoms with van der Waals surface area (Å²) in [5, 5.41) is 12.2. The van der Waals surface area contributed by atoms with E-state index in [9.17, 15) is 4.79 Å². The highest BCUT2D eigenvalue weighted by atomic mass is 32.1. The molecule has 4 N–H and O–H groups in total. The highest BCUT2D eigenvalue weighted by molar-refractivity contribution is 7.09. The largest absolute Gasteiger partial charge is 0.368 e. The molecule has 6 heteroatoms. The van der Waals surface area contributed by atoms with Gasteiger partial charge in [-0.15, -0.1) is 11.3 Å². The van der Waals surface area contributed by atoms with E-state index >= 15 is 0 Å². The Bertz CT molecular complexity index is 513. The molecule has 5 nitrogen and oxygen atoms in total. The highest BCUT2D eigenvalue weighted by Gasteiger charge is 2.23. The molecule has 0 spiro atoms. The average molecular weight is 264 g/mol. The molecule has 18 heavy (non-hydrogen) atoms. The molecule has 2 rings (SSSR count). The third kappa shape index (κ3) is 2.60. The fourth-order valence-corrected chi connectivity index (χ4v) is 2.60. The summed E-state index contributed by atoms with van der Waals surface area (Å²) in [6, 6.07) is 3.49. The van der Waals surface area contributed by atoms with Crippen molar-refractivity contribution < 1.29 is 4.79 Å². The van der Waals surface area contributed by atoms with Crippen molar-refractivity contribution in [1.82, 2.24) is 15.5 Å². The summed E-state index contributed by atoms with van der Waals surface area (Å²) in [6.07, 6.45) is 0. The average Bonchev–Trinajstić information content (AvgIpc) is 2.93. The number of rotatable bonds is 5. The van der Waals surface area contributed by atoms with Crippen molar-refractivity contribution in [2.75, 3.05) is 0 Å². The van der Waals surface area contributed by atoms with E-state index in [0.29, 0.717) is 6.54 Å². The first-order valence-corrected chi connectivity index (χ1v) is 6.54. The maximum absolute atomic E-state index is 11.6. The van der Waals surface area contributed by atoms with Gasteiger partial charge in [0.25, 0.3) is 0 Å². The Morgan fingerprint density at radius 2 is 2.39 bits per heavy atom. The minimum atomic E-state index is -0.508. The Labute approximate surface area is 109 Å². The molecule has 0 aromatic carbocycles. The Morgan fingerprint density at radius 1 is 1.61 bits per heavy atom. The summed E-state index contributed by atoms with van der Waals surface area (Å²) in [4.78, 5) is 12.8. The van der Waals surface area contributed by atoms with Gasteiger partial charge in [0, 0.05) is 22.7 Å². The van der Waals surface area contributed by atoms with Crippen molar-refractivity contribution in [2.45, 2.75) is 26.4 Å². The van der Waals surface area contributed by atoms with Crippen LogP contribution in [0.3, 0.4) is 0 Å². The minimum absolute atomic E-state index is 0.390. The van der Waals surface area contributed by atoms with Crippen LogP contribution in [0.2, 0.25) is 0 Å². The van der Waals surface area contributed by atoms with Gasteiger partial charge in [-0.1, -0.05) is 6.07 Å². The van der Waals surface area contributed by atoms with Gasteiger partial charge in [-0.3, -0.25) is 15.2 Å². The van der Waals surface area contributed by atoms with Crippen LogP contribution in [0.4, 0.5) is 0 Å². The molecule has 96 valence electrons. The number of H-pyrrole nitrogens is 1. The topological polar surface area (TPSA) is 83.8 Å². The van der Waals surface area contributed by atoms with E-state index in [0.717, 1.165) is 17.0 Å². The van der Waals surface area contributed by atoms with Crippen LogP contribution in [0.1, 0.15) is 27.9 Å². The van der Waals surface area contributed by atoms with Crippen LogP contribution < -0.4 is 11.1 Å². The molecule has 0 aliphatic heterocycles. The molecule has 0 fully saturated rings. The molecule has 1 atom stereocenters. The predicted octanol–water partition coefficient (Wildman–Crippen LogP) is 1.40. The summed E-state index contributed by atoms with van der Waals surface area (Å²) in [6.45, 7) is 4.37. The Balaban J connectivity index is 2.16. The number of primary amides is 1. The normalized spacial score (nSPS) is 12.6. The van der Waals surface area contributed by atoms with Crippen molar-refractivity contribution in [3.8, 4) is 0 Å². The molecular weight excluding hydrogens is 248 g/mol. The molecule has 0 saturated heterocycles. The second-order valence-electron chi connectivity index (χ2n) is 4.14. The molecule has 1 unspecified atom stereocenters. The molecule has 0 radical (unpaired) electrons. The number of nitrogens with two attached hydrogens (primary N) is 1. The molecule has 0 bridgehead atoms. The van der Waals surface area contributed by atoms with Gasteiger partial charge in [0.05, 0.1) is 5.69 Å². The van der Waals surface area contributed by atoms with E-state index in [1.165, 1.54) is 4.88 Å². The first kappa shape index (κ1) is 12.8. The molecule has 0 aliphatic carbocycles. The Morgan fingerprint density at radius 3 is 2.89 bits per heavy atom. The number of nitrogens with zero attached hydrogens (tertiary/aromatic N) is 1. The lowest BCUT2D eigenvalue weighted by atomic mass is 10.0. The van der Waals surface area contributed by atoms with Crippen molar-refractivity contribution in [2.24, 2.45) is 5.73 Å². The van der Waals surface area contributed by atoms with Crippen LogP contribution in [-0.4, -0.2) is 16.1 Å². The lowest BCUT2D eigenvalue weighted by molar-refractivity contribution is -0.120. The van der Waals surface area contributed by atoms with Crippen LogP contribution in [0, 0.1) is 13.8 Å². The third-order valence-corrected chi connectivity index (χ3v) is 3.70. The van der Waals surface area contributed by atoms with Gasteiger partial charge in [0.1, 0.15) is 6.04 Å². The summed E-state index contributed by atoms with van der Waals surface area (Å²) in [5.41, 5.74) is 7.98. The van der Waals surface area contributed by atoms with Gasteiger partial charge in [-0.05, 0) is 25.3 Å². The fraction of sp³-hybridized carbons (Fsp3) is 0.333. The van der Waals surface area contributed by atoms with E-state index in [2.05, 4.69) is 15.5 Å². The van der Waals surface area contributed by atoms with E-state index in [-0.39, 0.29) is 5.91 Å². The van der Waals surface area contributed by atoms with Gasteiger partial charge in [0.15, 0.2) is 0 Å². The number of aromatic nitrogens is 2. The van der Waals surface area contributed by atoms with Crippen LogP contribution >= 0.6 is 11.3 Å². The summed E-state index contributed by atoms with van der Waals surface area (Å²) < 4.78 is 0. The second kappa shape index (κ2) is 5.32. The predicted molar refractivity (Wildman–Crippen MR) is 71.2 cm³/mol. The first-order valence-electron chi connectivity index (χ1n) is 5.66. The molecule has 2 aromatic rings. The number of thiophene rings is 1. The quantitative estimate of drug-likeness (QED) is 0.763. The van der Waals surface area contributed by atoms with Gasteiger partial charge in [-0.2, -0.15) is 5.10 Å². The molecule has 0 saturated carbocycles. The summed E-state index contributed by atoms with van der Waals surface area (Å²) in [7, 11) is 0. The number of carbonyl (C=O) groups excluding carboxylic acids is 1. The van der Waals surface area contributed by atoms with Crippen LogP contribution in [0.15, 0.2) is 17.5 Å². The van der Waals surface area contributed by atoms with Crippen molar-refractivity contribution in [3.63, 3.8) is 0 Å². The number of hydrogen-bond donors (Lipinski definition) is 3. The monoisotopic (exact) mass is 264 g/mol. The third-order valence-electron chi connectivity index (χ3n) is 2.82. The zero-order valence-electron chi connectivity index (χ0n) is 10.4. The van der Waals surface area contributed by atoms with Crippen molar-refractivity contribution in [3.05, 3.63) is 39.3 Å². The van der Waals surface area contributed by atoms with E-state index in [4.69, 9.17) is 5.73 Å².